The summed E-state index contributed by atoms with van der Waals surface area (Å²) < 4.78 is 6.48. The fourth-order valence-corrected chi connectivity index (χ4v) is 1.55. The van der Waals surface area contributed by atoms with Gasteiger partial charge < -0.3 is 10.1 Å². The second-order valence-electron chi connectivity index (χ2n) is 4.30. The van der Waals surface area contributed by atoms with E-state index in [1.807, 2.05) is 13.1 Å². The third-order valence-corrected chi connectivity index (χ3v) is 2.53. The minimum atomic E-state index is -0.0409. The lowest BCUT2D eigenvalue weighted by atomic mass is 10.1. The average molecular weight is 239 g/mol. The summed E-state index contributed by atoms with van der Waals surface area (Å²) in [6.45, 7) is 5.68. The summed E-state index contributed by atoms with van der Waals surface area (Å²) in [5, 5.41) is 7.35. The van der Waals surface area contributed by atoms with Crippen molar-refractivity contribution in [3.05, 3.63) is 27.7 Å². The largest absolute Gasteiger partial charge is 0.383 e. The Morgan fingerprint density at radius 1 is 1.53 bits per heavy atom. The van der Waals surface area contributed by atoms with Gasteiger partial charge in [-0.25, -0.2) is 4.68 Å². The lowest BCUT2D eigenvalue weighted by Gasteiger charge is -2.12. The van der Waals surface area contributed by atoms with Gasteiger partial charge in [0.1, 0.15) is 0 Å². The van der Waals surface area contributed by atoms with Crippen LogP contribution in [0.1, 0.15) is 31.0 Å². The van der Waals surface area contributed by atoms with Crippen LogP contribution in [-0.4, -0.2) is 30.5 Å². The van der Waals surface area contributed by atoms with Crippen molar-refractivity contribution in [3.8, 4) is 0 Å². The molecule has 0 aliphatic carbocycles. The van der Waals surface area contributed by atoms with Crippen LogP contribution in [0, 0.1) is 0 Å². The Balaban J connectivity index is 3.13. The molecule has 0 saturated carbocycles. The van der Waals surface area contributed by atoms with E-state index in [0.717, 1.165) is 11.3 Å². The Labute approximate surface area is 102 Å². The molecule has 1 rings (SSSR count). The molecule has 1 heterocycles. The van der Waals surface area contributed by atoms with Crippen LogP contribution in [0.25, 0.3) is 0 Å². The van der Waals surface area contributed by atoms with Gasteiger partial charge in [-0.1, -0.05) is 13.8 Å². The molecular weight excluding hydrogens is 218 g/mol. The van der Waals surface area contributed by atoms with E-state index in [1.54, 1.807) is 7.11 Å². The van der Waals surface area contributed by atoms with E-state index in [1.165, 1.54) is 4.68 Å². The van der Waals surface area contributed by atoms with Gasteiger partial charge in [-0.3, -0.25) is 4.79 Å². The zero-order valence-corrected chi connectivity index (χ0v) is 11.0. The van der Waals surface area contributed by atoms with E-state index in [-0.39, 0.29) is 5.56 Å². The fourth-order valence-electron chi connectivity index (χ4n) is 1.55. The first-order valence-electron chi connectivity index (χ1n) is 5.84. The summed E-state index contributed by atoms with van der Waals surface area (Å²) in [6.07, 6.45) is 0. The molecule has 1 N–H and O–H groups in total. The maximum atomic E-state index is 12.0. The molecule has 0 aliphatic heterocycles. The highest BCUT2D eigenvalue weighted by atomic mass is 16.5. The van der Waals surface area contributed by atoms with Crippen LogP contribution in [0.3, 0.4) is 0 Å². The van der Waals surface area contributed by atoms with Crippen LogP contribution < -0.4 is 10.9 Å². The van der Waals surface area contributed by atoms with Gasteiger partial charge in [-0.05, 0) is 19.0 Å². The van der Waals surface area contributed by atoms with Gasteiger partial charge in [-0.15, -0.1) is 0 Å². The van der Waals surface area contributed by atoms with E-state index in [9.17, 15) is 4.79 Å². The summed E-state index contributed by atoms with van der Waals surface area (Å²) in [5.41, 5.74) is 1.65. The van der Waals surface area contributed by atoms with E-state index in [2.05, 4.69) is 24.3 Å². The van der Waals surface area contributed by atoms with Gasteiger partial charge >= 0.3 is 0 Å². The highest BCUT2D eigenvalue weighted by Gasteiger charge is 2.10. The number of methoxy groups -OCH3 is 1. The van der Waals surface area contributed by atoms with Crippen LogP contribution in [0.15, 0.2) is 10.9 Å². The minimum absolute atomic E-state index is 0.0409. The molecule has 0 bridgehead atoms. The zero-order valence-electron chi connectivity index (χ0n) is 11.0. The monoisotopic (exact) mass is 239 g/mol. The standard InChI is InChI=1S/C12H21N3O2/c1-9(2)11-7-10(8-13-3)12(16)15(14-11)5-6-17-4/h7,9,13H,5-6,8H2,1-4H3. The second kappa shape index (κ2) is 6.51. The summed E-state index contributed by atoms with van der Waals surface area (Å²) in [6, 6.07) is 1.88. The second-order valence-corrected chi connectivity index (χ2v) is 4.30. The Hall–Kier alpha value is -1.20. The molecule has 17 heavy (non-hydrogen) atoms. The number of ether oxygens (including phenoxy) is 1. The van der Waals surface area contributed by atoms with Crippen molar-refractivity contribution < 1.29 is 4.74 Å². The van der Waals surface area contributed by atoms with Gasteiger partial charge in [0.15, 0.2) is 0 Å². The maximum Gasteiger partial charge on any atom is 0.271 e. The molecule has 0 aliphatic rings. The SMILES string of the molecule is CNCc1cc(C(C)C)nn(CCOC)c1=O. The van der Waals surface area contributed by atoms with Crippen LogP contribution >= 0.6 is 0 Å². The molecule has 0 fully saturated rings. The quantitative estimate of drug-likeness (QED) is 0.795. The van der Waals surface area contributed by atoms with Gasteiger partial charge in [0.05, 0.1) is 18.8 Å². The number of aromatic nitrogens is 2. The predicted molar refractivity (Wildman–Crippen MR) is 67.2 cm³/mol. The first kappa shape index (κ1) is 13.9. The van der Waals surface area contributed by atoms with Crippen molar-refractivity contribution in [2.45, 2.75) is 32.9 Å². The van der Waals surface area contributed by atoms with Gasteiger partial charge in [0.2, 0.25) is 0 Å². The van der Waals surface area contributed by atoms with Crippen molar-refractivity contribution in [1.82, 2.24) is 15.1 Å². The van der Waals surface area contributed by atoms with E-state index < -0.39 is 0 Å². The molecule has 96 valence electrons. The molecule has 0 atom stereocenters. The number of nitrogens with zero attached hydrogens (tertiary/aromatic N) is 2. The van der Waals surface area contributed by atoms with Crippen molar-refractivity contribution in [2.24, 2.45) is 0 Å². The molecule has 0 unspecified atom stereocenters. The molecule has 0 aromatic carbocycles. The Kier molecular flexibility index (Phi) is 5.31. The van der Waals surface area contributed by atoms with Crippen LogP contribution in [0.5, 0.6) is 0 Å². The van der Waals surface area contributed by atoms with Crippen molar-refractivity contribution in [1.29, 1.82) is 0 Å². The van der Waals surface area contributed by atoms with Gasteiger partial charge in [0.25, 0.3) is 5.56 Å². The third kappa shape index (κ3) is 3.64. The molecule has 5 heteroatoms. The average Bonchev–Trinajstić information content (AvgIpc) is 2.30. The number of hydrogen-bond donors (Lipinski definition) is 1. The maximum absolute atomic E-state index is 12.0. The van der Waals surface area contributed by atoms with E-state index in [4.69, 9.17) is 4.74 Å². The minimum Gasteiger partial charge on any atom is -0.383 e. The molecule has 0 radical (unpaired) electrons. The highest BCUT2D eigenvalue weighted by molar-refractivity contribution is 5.15. The molecule has 1 aromatic rings. The third-order valence-electron chi connectivity index (χ3n) is 2.53. The predicted octanol–water partition coefficient (Wildman–Crippen LogP) is 0.733. The lowest BCUT2D eigenvalue weighted by Crippen LogP contribution is -2.30. The number of hydrogen-bond acceptors (Lipinski definition) is 4. The van der Waals surface area contributed by atoms with E-state index in [0.29, 0.717) is 25.6 Å². The first-order valence-corrected chi connectivity index (χ1v) is 5.84. The fraction of sp³-hybridized carbons (Fsp3) is 0.667. The lowest BCUT2D eigenvalue weighted by molar-refractivity contribution is 0.181. The summed E-state index contributed by atoms with van der Waals surface area (Å²) in [4.78, 5) is 12.0. The van der Waals surface area contributed by atoms with Crippen molar-refractivity contribution >= 4 is 0 Å². The van der Waals surface area contributed by atoms with Crippen LogP contribution in [0.2, 0.25) is 0 Å². The Morgan fingerprint density at radius 2 is 2.24 bits per heavy atom. The molecule has 5 nitrogen and oxygen atoms in total. The van der Waals surface area contributed by atoms with Crippen molar-refractivity contribution in [2.75, 3.05) is 20.8 Å². The molecular formula is C12H21N3O2. The molecule has 0 saturated heterocycles. The smallest absolute Gasteiger partial charge is 0.271 e. The number of rotatable bonds is 6. The highest BCUT2D eigenvalue weighted by Crippen LogP contribution is 2.10. The number of nitrogens with one attached hydrogen (secondary N) is 1. The van der Waals surface area contributed by atoms with E-state index >= 15 is 0 Å². The molecule has 0 spiro atoms. The van der Waals surface area contributed by atoms with Gasteiger partial charge in [-0.2, -0.15) is 5.10 Å². The zero-order chi connectivity index (χ0) is 12.8. The summed E-state index contributed by atoms with van der Waals surface area (Å²) >= 11 is 0. The summed E-state index contributed by atoms with van der Waals surface area (Å²) in [7, 11) is 3.44. The van der Waals surface area contributed by atoms with Crippen LogP contribution in [0.4, 0.5) is 0 Å². The molecule has 0 amide bonds. The normalized spacial score (nSPS) is 11.1. The van der Waals surface area contributed by atoms with Crippen molar-refractivity contribution in [3.63, 3.8) is 0 Å². The Bertz CT molecular complexity index is 413. The summed E-state index contributed by atoms with van der Waals surface area (Å²) in [5.74, 6) is 0.306. The van der Waals surface area contributed by atoms with Crippen LogP contribution in [-0.2, 0) is 17.8 Å². The topological polar surface area (TPSA) is 56.1 Å². The first-order chi connectivity index (χ1) is 8.10. The Morgan fingerprint density at radius 3 is 2.76 bits per heavy atom. The molecule has 1 aromatic heterocycles. The van der Waals surface area contributed by atoms with Gasteiger partial charge in [0, 0.05) is 19.2 Å².